The molecule has 0 aromatic carbocycles. The number of rotatable bonds is 5. The van der Waals surface area contributed by atoms with Gasteiger partial charge in [-0.2, -0.15) is 0 Å². The molecule has 18 heavy (non-hydrogen) atoms. The molecule has 1 aliphatic rings. The average molecular weight is 247 g/mol. The van der Waals surface area contributed by atoms with E-state index < -0.39 is 0 Å². The fraction of sp³-hybridized carbons (Fsp3) is 0.571. The highest BCUT2D eigenvalue weighted by atomic mass is 16.2. The number of hydrogen-bond acceptors (Lipinski definition) is 3. The van der Waals surface area contributed by atoms with Crippen molar-refractivity contribution in [1.29, 1.82) is 0 Å². The second-order valence-corrected chi connectivity index (χ2v) is 5.33. The molecule has 0 radical (unpaired) electrons. The van der Waals surface area contributed by atoms with Crippen LogP contribution in [-0.4, -0.2) is 36.4 Å². The molecule has 0 bridgehead atoms. The quantitative estimate of drug-likeness (QED) is 0.868. The molecule has 4 nitrogen and oxygen atoms in total. The number of nitrogens with zero attached hydrogens (tertiary/aromatic N) is 2. The minimum Gasteiger partial charge on any atom is -0.370 e. The Morgan fingerprint density at radius 3 is 2.72 bits per heavy atom. The van der Waals surface area contributed by atoms with Crippen molar-refractivity contribution < 1.29 is 4.79 Å². The Morgan fingerprint density at radius 2 is 2.22 bits per heavy atom. The lowest BCUT2D eigenvalue weighted by molar-refractivity contribution is 0.0827. The monoisotopic (exact) mass is 247 g/mol. The van der Waals surface area contributed by atoms with Gasteiger partial charge in [-0.25, -0.2) is 4.98 Å². The smallest absolute Gasteiger partial charge is 0.254 e. The summed E-state index contributed by atoms with van der Waals surface area (Å²) in [4.78, 5) is 17.5. The van der Waals surface area contributed by atoms with Crippen LogP contribution in [0, 0.1) is 11.8 Å². The van der Waals surface area contributed by atoms with Crippen LogP contribution in [-0.2, 0) is 0 Å². The van der Waals surface area contributed by atoms with Crippen LogP contribution in [0.1, 0.15) is 30.1 Å². The van der Waals surface area contributed by atoms with Crippen molar-refractivity contribution in [3.8, 4) is 0 Å². The summed E-state index contributed by atoms with van der Waals surface area (Å²) in [6.07, 6.45) is 4.37. The van der Waals surface area contributed by atoms with Gasteiger partial charge in [-0.1, -0.05) is 6.92 Å². The molecule has 1 amide bonds. The van der Waals surface area contributed by atoms with Gasteiger partial charge >= 0.3 is 0 Å². The van der Waals surface area contributed by atoms with Crippen molar-refractivity contribution in [3.05, 3.63) is 23.9 Å². The summed E-state index contributed by atoms with van der Waals surface area (Å²) in [5, 5.41) is 3.33. The zero-order valence-electron chi connectivity index (χ0n) is 11.3. The first-order chi connectivity index (χ1) is 8.58. The van der Waals surface area contributed by atoms with E-state index in [1.807, 2.05) is 12.1 Å². The maximum atomic E-state index is 11.7. The van der Waals surface area contributed by atoms with Gasteiger partial charge in [0.2, 0.25) is 0 Å². The van der Waals surface area contributed by atoms with E-state index in [1.165, 1.54) is 12.8 Å². The van der Waals surface area contributed by atoms with E-state index in [4.69, 9.17) is 0 Å². The van der Waals surface area contributed by atoms with Crippen molar-refractivity contribution in [2.24, 2.45) is 11.8 Å². The molecule has 4 heteroatoms. The highest BCUT2D eigenvalue weighted by Gasteiger charge is 2.27. The van der Waals surface area contributed by atoms with Crippen molar-refractivity contribution in [1.82, 2.24) is 9.88 Å². The van der Waals surface area contributed by atoms with Crippen molar-refractivity contribution >= 4 is 11.7 Å². The lowest BCUT2D eigenvalue weighted by Crippen LogP contribution is -2.22. The lowest BCUT2D eigenvalue weighted by atomic mass is 10.1. The summed E-state index contributed by atoms with van der Waals surface area (Å²) in [6.45, 7) is 3.23. The standard InChI is InChI=1S/C14H21N3O/c1-10(11-4-5-11)8-15-13-7-6-12(9-16-13)14(18)17(2)3/h6-7,9-11H,4-5,8H2,1-3H3,(H,15,16). The predicted molar refractivity (Wildman–Crippen MR) is 72.6 cm³/mol. The molecule has 1 aromatic heterocycles. The molecular formula is C14H21N3O. The molecule has 1 saturated carbocycles. The first-order valence-electron chi connectivity index (χ1n) is 6.49. The van der Waals surface area contributed by atoms with Gasteiger partial charge in [-0.3, -0.25) is 4.79 Å². The molecule has 1 N–H and O–H groups in total. The van der Waals surface area contributed by atoms with E-state index >= 15 is 0 Å². The van der Waals surface area contributed by atoms with E-state index in [0.29, 0.717) is 11.5 Å². The van der Waals surface area contributed by atoms with Gasteiger partial charge in [-0.05, 0) is 36.8 Å². The van der Waals surface area contributed by atoms with Crippen molar-refractivity contribution in [3.63, 3.8) is 0 Å². The van der Waals surface area contributed by atoms with Crippen LogP contribution in [0.5, 0.6) is 0 Å². The van der Waals surface area contributed by atoms with Crippen LogP contribution in [0.15, 0.2) is 18.3 Å². The fourth-order valence-corrected chi connectivity index (χ4v) is 1.98. The van der Waals surface area contributed by atoms with E-state index in [9.17, 15) is 4.79 Å². The molecule has 0 spiro atoms. The SMILES string of the molecule is CC(CNc1ccc(C(=O)N(C)C)cn1)C1CC1. The number of carbonyl (C=O) groups excluding carboxylic acids is 1. The van der Waals surface area contributed by atoms with Gasteiger partial charge in [0, 0.05) is 26.8 Å². The minimum atomic E-state index is -0.0135. The Kier molecular flexibility index (Phi) is 3.84. The summed E-state index contributed by atoms with van der Waals surface area (Å²) in [6, 6.07) is 3.69. The number of anilines is 1. The number of nitrogens with one attached hydrogen (secondary N) is 1. The molecule has 1 heterocycles. The summed E-state index contributed by atoms with van der Waals surface area (Å²) in [5.74, 6) is 2.43. The summed E-state index contributed by atoms with van der Waals surface area (Å²) in [5.41, 5.74) is 0.626. The Morgan fingerprint density at radius 1 is 1.50 bits per heavy atom. The molecule has 1 aliphatic carbocycles. The Bertz CT molecular complexity index is 410. The predicted octanol–water partition coefficient (Wildman–Crippen LogP) is 2.24. The Hall–Kier alpha value is -1.58. The van der Waals surface area contributed by atoms with Gasteiger partial charge in [0.25, 0.3) is 5.91 Å². The minimum absolute atomic E-state index is 0.0135. The van der Waals surface area contributed by atoms with Gasteiger partial charge in [0.05, 0.1) is 5.56 Å². The first-order valence-corrected chi connectivity index (χ1v) is 6.49. The number of aromatic nitrogens is 1. The Labute approximate surface area is 108 Å². The average Bonchev–Trinajstić information content (AvgIpc) is 3.20. The van der Waals surface area contributed by atoms with Gasteiger partial charge in [-0.15, -0.1) is 0 Å². The molecule has 1 unspecified atom stereocenters. The summed E-state index contributed by atoms with van der Waals surface area (Å²) < 4.78 is 0. The van der Waals surface area contributed by atoms with Crippen LogP contribution in [0.3, 0.4) is 0 Å². The number of hydrogen-bond donors (Lipinski definition) is 1. The largest absolute Gasteiger partial charge is 0.370 e. The zero-order valence-corrected chi connectivity index (χ0v) is 11.3. The highest BCUT2D eigenvalue weighted by molar-refractivity contribution is 5.93. The third-order valence-corrected chi connectivity index (χ3v) is 3.45. The summed E-state index contributed by atoms with van der Waals surface area (Å²) in [7, 11) is 3.48. The molecule has 1 fully saturated rings. The fourth-order valence-electron chi connectivity index (χ4n) is 1.98. The topological polar surface area (TPSA) is 45.2 Å². The first kappa shape index (κ1) is 12.9. The lowest BCUT2D eigenvalue weighted by Gasteiger charge is -2.13. The number of pyridine rings is 1. The van der Waals surface area contributed by atoms with Crippen LogP contribution in [0.25, 0.3) is 0 Å². The third-order valence-electron chi connectivity index (χ3n) is 3.45. The second-order valence-electron chi connectivity index (χ2n) is 5.33. The van der Waals surface area contributed by atoms with Crippen molar-refractivity contribution in [2.75, 3.05) is 26.0 Å². The van der Waals surface area contributed by atoms with Crippen LogP contribution in [0.4, 0.5) is 5.82 Å². The second kappa shape index (κ2) is 5.38. The normalized spacial score (nSPS) is 16.2. The van der Waals surface area contributed by atoms with Gasteiger partial charge < -0.3 is 10.2 Å². The maximum absolute atomic E-state index is 11.7. The van der Waals surface area contributed by atoms with E-state index in [0.717, 1.165) is 18.3 Å². The van der Waals surface area contributed by atoms with Crippen LogP contribution >= 0.6 is 0 Å². The molecule has 98 valence electrons. The van der Waals surface area contributed by atoms with E-state index in [2.05, 4.69) is 17.2 Å². The van der Waals surface area contributed by atoms with E-state index in [-0.39, 0.29) is 5.91 Å². The molecule has 2 rings (SSSR count). The summed E-state index contributed by atoms with van der Waals surface area (Å²) >= 11 is 0. The number of amides is 1. The zero-order chi connectivity index (χ0) is 13.1. The van der Waals surface area contributed by atoms with E-state index in [1.54, 1.807) is 25.2 Å². The molecular weight excluding hydrogens is 226 g/mol. The van der Waals surface area contributed by atoms with Gasteiger partial charge in [0.15, 0.2) is 0 Å². The van der Waals surface area contributed by atoms with Crippen LogP contribution in [0.2, 0.25) is 0 Å². The Balaban J connectivity index is 1.88. The van der Waals surface area contributed by atoms with Gasteiger partial charge in [0.1, 0.15) is 5.82 Å². The highest BCUT2D eigenvalue weighted by Crippen LogP contribution is 2.36. The third kappa shape index (κ3) is 3.22. The molecule has 1 atom stereocenters. The van der Waals surface area contributed by atoms with Crippen LogP contribution < -0.4 is 5.32 Å². The maximum Gasteiger partial charge on any atom is 0.254 e. The molecule has 1 aromatic rings. The number of carbonyl (C=O) groups is 1. The molecule has 0 aliphatic heterocycles. The van der Waals surface area contributed by atoms with Crippen molar-refractivity contribution in [2.45, 2.75) is 19.8 Å². The molecule has 0 saturated heterocycles.